The molecule has 1 unspecified atom stereocenters. The van der Waals surface area contributed by atoms with Crippen molar-refractivity contribution in [1.82, 2.24) is 5.32 Å². The summed E-state index contributed by atoms with van der Waals surface area (Å²) in [6.45, 7) is -0.115. The molecule has 1 aromatic carbocycles. The van der Waals surface area contributed by atoms with Gasteiger partial charge in [0.05, 0.1) is 19.8 Å². The van der Waals surface area contributed by atoms with Gasteiger partial charge in [0.2, 0.25) is 5.91 Å². The Bertz CT molecular complexity index is 558. The molecule has 24 heavy (non-hydrogen) atoms. The maximum atomic E-state index is 12.6. The first-order valence-electron chi connectivity index (χ1n) is 8.71. The first-order chi connectivity index (χ1) is 11.7. The van der Waals surface area contributed by atoms with Crippen LogP contribution in [-0.4, -0.2) is 36.7 Å². The van der Waals surface area contributed by atoms with Crippen molar-refractivity contribution in [3.8, 4) is 0 Å². The maximum Gasteiger partial charge on any atom is 0.318 e. The van der Waals surface area contributed by atoms with Crippen molar-refractivity contribution >= 4 is 11.9 Å². The lowest BCUT2D eigenvalue weighted by Crippen LogP contribution is -2.44. The minimum Gasteiger partial charge on any atom is -0.468 e. The van der Waals surface area contributed by atoms with Crippen LogP contribution in [0.1, 0.15) is 43.2 Å². The van der Waals surface area contributed by atoms with Crippen LogP contribution in [0.3, 0.4) is 0 Å². The second-order valence-corrected chi connectivity index (χ2v) is 6.39. The molecule has 2 atom stereocenters. The lowest BCUT2D eigenvalue weighted by molar-refractivity contribution is -0.150. The van der Waals surface area contributed by atoms with E-state index in [1.54, 1.807) is 0 Å². The van der Waals surface area contributed by atoms with Crippen molar-refractivity contribution < 1.29 is 19.4 Å². The second-order valence-electron chi connectivity index (χ2n) is 6.39. The third-order valence-electron chi connectivity index (χ3n) is 4.66. The molecule has 5 nitrogen and oxygen atoms in total. The van der Waals surface area contributed by atoms with E-state index in [1.807, 2.05) is 18.2 Å². The van der Waals surface area contributed by atoms with Crippen LogP contribution in [-0.2, 0) is 27.2 Å². The monoisotopic (exact) mass is 333 g/mol. The molecule has 0 saturated heterocycles. The van der Waals surface area contributed by atoms with E-state index in [4.69, 9.17) is 4.74 Å². The number of fused-ring (bicyclic) bond motifs is 1. The summed E-state index contributed by atoms with van der Waals surface area (Å²) in [5, 5.41) is 12.3. The normalized spacial score (nSPS) is 23.0. The molecule has 0 spiro atoms. The number of esters is 1. The Hall–Kier alpha value is -1.88. The summed E-state index contributed by atoms with van der Waals surface area (Å²) in [7, 11) is 1.30. The highest BCUT2D eigenvalue weighted by molar-refractivity contribution is 5.98. The number of nitrogens with one attached hydrogen (secondary N) is 1. The molecular formula is C19H27NO4. The van der Waals surface area contributed by atoms with E-state index in [1.165, 1.54) is 12.7 Å². The van der Waals surface area contributed by atoms with Gasteiger partial charge in [-0.2, -0.15) is 0 Å². The molecule has 1 heterocycles. The highest BCUT2D eigenvalue weighted by Crippen LogP contribution is 2.20. The van der Waals surface area contributed by atoms with Crippen molar-refractivity contribution in [3.63, 3.8) is 0 Å². The van der Waals surface area contributed by atoms with E-state index >= 15 is 0 Å². The van der Waals surface area contributed by atoms with Crippen molar-refractivity contribution in [2.75, 3.05) is 13.7 Å². The summed E-state index contributed by atoms with van der Waals surface area (Å²) in [6, 6.07) is 7.66. The van der Waals surface area contributed by atoms with E-state index in [9.17, 15) is 14.7 Å². The highest BCUT2D eigenvalue weighted by Gasteiger charge is 2.30. The zero-order valence-electron chi connectivity index (χ0n) is 14.3. The number of carbonyl (C=O) groups excluding carboxylic acids is 2. The number of carbonyl (C=O) groups is 2. The number of aliphatic hydroxyl groups is 1. The third-order valence-corrected chi connectivity index (χ3v) is 4.66. The number of amides is 1. The van der Waals surface area contributed by atoms with Gasteiger partial charge in [0, 0.05) is 0 Å². The maximum absolute atomic E-state index is 12.6. The molecule has 1 aromatic rings. The smallest absolute Gasteiger partial charge is 0.318 e. The molecule has 0 bridgehead atoms. The fourth-order valence-corrected chi connectivity index (χ4v) is 3.22. The van der Waals surface area contributed by atoms with Crippen molar-refractivity contribution in [3.05, 3.63) is 35.4 Å². The van der Waals surface area contributed by atoms with Crippen molar-refractivity contribution in [2.24, 2.45) is 5.92 Å². The predicted molar refractivity (Wildman–Crippen MR) is 91.5 cm³/mol. The first kappa shape index (κ1) is 18.5. The van der Waals surface area contributed by atoms with Crippen molar-refractivity contribution in [1.29, 1.82) is 0 Å². The van der Waals surface area contributed by atoms with Gasteiger partial charge in [0.25, 0.3) is 0 Å². The average Bonchev–Trinajstić information content (AvgIpc) is 2.62. The molecule has 0 radical (unpaired) electrons. The van der Waals surface area contributed by atoms with E-state index < -0.39 is 11.9 Å². The molecular weight excluding hydrogens is 306 g/mol. The fourth-order valence-electron chi connectivity index (χ4n) is 3.22. The Balaban J connectivity index is 2.27. The highest BCUT2D eigenvalue weighted by atomic mass is 16.5. The van der Waals surface area contributed by atoms with Crippen LogP contribution in [0.2, 0.25) is 0 Å². The largest absolute Gasteiger partial charge is 0.468 e. The van der Waals surface area contributed by atoms with Gasteiger partial charge in [-0.25, -0.2) is 0 Å². The number of aryl methyl sites for hydroxylation is 1. The Labute approximate surface area is 143 Å². The lowest BCUT2D eigenvalue weighted by Gasteiger charge is -2.20. The molecule has 132 valence electrons. The Morgan fingerprint density at radius 1 is 1.21 bits per heavy atom. The molecule has 1 aliphatic rings. The third kappa shape index (κ3) is 5.06. The molecule has 5 heteroatoms. The predicted octanol–water partition coefficient (Wildman–Crippen LogP) is 2.00. The minimum atomic E-state index is -0.883. The van der Waals surface area contributed by atoms with Crippen LogP contribution in [0, 0.1) is 5.92 Å². The quantitative estimate of drug-likeness (QED) is 0.641. The first-order valence-corrected chi connectivity index (χ1v) is 8.71. The molecule has 0 saturated carbocycles. The zero-order valence-corrected chi connectivity index (χ0v) is 14.3. The van der Waals surface area contributed by atoms with Gasteiger partial charge >= 0.3 is 5.97 Å². The molecule has 1 amide bonds. The topological polar surface area (TPSA) is 75.6 Å². The standard InChI is InChI=1S/C19H27NO4/c1-24-19(23)17-12-15-10-7-6-9-14(15)8-4-2-3-5-11-16(13-21)20-18(17)22/h6-7,9-10,16-17,21H,2-5,8,11-13H2,1H3,(H,20,22)/t16-,17?/m0/s1. The van der Waals surface area contributed by atoms with Gasteiger partial charge in [-0.05, 0) is 36.8 Å². The Morgan fingerprint density at radius 2 is 1.92 bits per heavy atom. The molecule has 1 aliphatic heterocycles. The van der Waals surface area contributed by atoms with Crippen LogP contribution < -0.4 is 5.32 Å². The summed E-state index contributed by atoms with van der Waals surface area (Å²) >= 11 is 0. The summed E-state index contributed by atoms with van der Waals surface area (Å²) < 4.78 is 4.83. The van der Waals surface area contributed by atoms with E-state index in [0.717, 1.165) is 44.1 Å². The molecule has 2 rings (SSSR count). The van der Waals surface area contributed by atoms with E-state index in [2.05, 4.69) is 11.4 Å². The summed E-state index contributed by atoms with van der Waals surface area (Å²) in [5.74, 6) is -1.78. The number of hydrogen-bond acceptors (Lipinski definition) is 4. The van der Waals surface area contributed by atoms with Gasteiger partial charge in [-0.3, -0.25) is 9.59 Å². The number of methoxy groups -OCH3 is 1. The number of hydrogen-bond donors (Lipinski definition) is 2. The van der Waals surface area contributed by atoms with Gasteiger partial charge in [0.1, 0.15) is 5.92 Å². The summed E-state index contributed by atoms with van der Waals surface area (Å²) in [5.41, 5.74) is 2.21. The minimum absolute atomic E-state index is 0.115. The number of aliphatic hydroxyl groups excluding tert-OH is 1. The van der Waals surface area contributed by atoms with Gasteiger partial charge < -0.3 is 15.2 Å². The summed E-state index contributed by atoms with van der Waals surface area (Å²) in [6.07, 6.45) is 6.25. The fraction of sp³-hybridized carbons (Fsp3) is 0.579. The second kappa shape index (κ2) is 9.42. The SMILES string of the molecule is COC(=O)C1Cc2ccccc2CCCCCC[C@@H](CO)NC1=O. The van der Waals surface area contributed by atoms with Crippen molar-refractivity contribution in [2.45, 2.75) is 51.0 Å². The average molecular weight is 333 g/mol. The molecule has 0 aromatic heterocycles. The van der Waals surface area contributed by atoms with Crippen LogP contribution in [0.4, 0.5) is 0 Å². The number of benzene rings is 1. The summed E-state index contributed by atoms with van der Waals surface area (Å²) in [4.78, 5) is 24.7. The molecule has 2 N–H and O–H groups in total. The van der Waals surface area contributed by atoms with Crippen LogP contribution in [0.15, 0.2) is 24.3 Å². The molecule has 0 fully saturated rings. The van der Waals surface area contributed by atoms with Crippen LogP contribution in [0.5, 0.6) is 0 Å². The van der Waals surface area contributed by atoms with Crippen LogP contribution in [0.25, 0.3) is 0 Å². The number of ether oxygens (including phenoxy) is 1. The van der Waals surface area contributed by atoms with Gasteiger partial charge in [-0.1, -0.05) is 43.5 Å². The molecule has 0 aliphatic carbocycles. The Morgan fingerprint density at radius 3 is 2.62 bits per heavy atom. The lowest BCUT2D eigenvalue weighted by atomic mass is 9.92. The Kier molecular flexibility index (Phi) is 7.25. The number of rotatable bonds is 2. The van der Waals surface area contributed by atoms with Crippen LogP contribution >= 0.6 is 0 Å². The van der Waals surface area contributed by atoms with Gasteiger partial charge in [0.15, 0.2) is 0 Å². The van der Waals surface area contributed by atoms with E-state index in [0.29, 0.717) is 6.42 Å². The van der Waals surface area contributed by atoms with Gasteiger partial charge in [-0.15, -0.1) is 0 Å². The zero-order chi connectivity index (χ0) is 17.4. The van der Waals surface area contributed by atoms with E-state index in [-0.39, 0.29) is 18.6 Å².